The summed E-state index contributed by atoms with van der Waals surface area (Å²) in [6.45, 7) is 4.66. The van der Waals surface area contributed by atoms with E-state index in [1.54, 1.807) is 0 Å². The van der Waals surface area contributed by atoms with E-state index >= 15 is 0 Å². The molecule has 0 aliphatic heterocycles. The SMILES string of the molecule is CC(C)COC(N)=[NH2+]. The molecule has 0 radical (unpaired) electrons. The van der Waals surface area contributed by atoms with E-state index in [1.165, 1.54) is 0 Å². The van der Waals surface area contributed by atoms with Crippen LogP contribution in [0.15, 0.2) is 0 Å². The number of rotatable bonds is 2. The Balaban J connectivity index is 3.05. The lowest BCUT2D eigenvalue weighted by Crippen LogP contribution is -2.47. The Kier molecular flexibility index (Phi) is 2.99. The van der Waals surface area contributed by atoms with Gasteiger partial charge in [-0.15, -0.1) is 0 Å². The number of amidine groups is 1. The average Bonchev–Trinajstić information content (AvgIpc) is 1.61. The van der Waals surface area contributed by atoms with Gasteiger partial charge in [0.15, 0.2) is 0 Å². The van der Waals surface area contributed by atoms with Crippen LogP contribution in [0.2, 0.25) is 0 Å². The third-order valence-electron chi connectivity index (χ3n) is 0.583. The largest absolute Gasteiger partial charge is 0.437 e. The summed E-state index contributed by atoms with van der Waals surface area (Å²) < 4.78 is 4.78. The Morgan fingerprint density at radius 1 is 1.75 bits per heavy atom. The maximum atomic E-state index is 5.01. The van der Waals surface area contributed by atoms with Crippen LogP contribution in [-0.4, -0.2) is 12.6 Å². The third kappa shape index (κ3) is 5.27. The smallest absolute Gasteiger partial charge is 0.432 e. The summed E-state index contributed by atoms with van der Waals surface area (Å²) in [4.78, 5) is 0. The minimum Gasteiger partial charge on any atom is -0.432 e. The van der Waals surface area contributed by atoms with Crippen molar-refractivity contribution in [2.45, 2.75) is 13.8 Å². The van der Waals surface area contributed by atoms with Crippen molar-refractivity contribution >= 4 is 6.02 Å². The molecule has 0 aliphatic carbocycles. The second-order valence-electron chi connectivity index (χ2n) is 2.11. The fourth-order valence-electron chi connectivity index (χ4n) is 0.263. The lowest BCUT2D eigenvalue weighted by atomic mass is 10.2. The second kappa shape index (κ2) is 3.29. The van der Waals surface area contributed by atoms with Gasteiger partial charge < -0.3 is 4.74 Å². The van der Waals surface area contributed by atoms with Crippen molar-refractivity contribution < 1.29 is 10.1 Å². The zero-order valence-corrected chi connectivity index (χ0v) is 5.35. The van der Waals surface area contributed by atoms with Gasteiger partial charge in [-0.05, 0) is 5.92 Å². The molecule has 0 atom stereocenters. The quantitative estimate of drug-likeness (QED) is 0.350. The van der Waals surface area contributed by atoms with Crippen molar-refractivity contribution in [2.75, 3.05) is 6.61 Å². The summed E-state index contributed by atoms with van der Waals surface area (Å²) >= 11 is 0. The Labute approximate surface area is 49.3 Å². The van der Waals surface area contributed by atoms with E-state index in [1.807, 2.05) is 13.8 Å². The van der Waals surface area contributed by atoms with Crippen molar-refractivity contribution in [3.05, 3.63) is 0 Å². The van der Waals surface area contributed by atoms with E-state index in [0.717, 1.165) is 0 Å². The van der Waals surface area contributed by atoms with Gasteiger partial charge >= 0.3 is 6.02 Å². The molecule has 3 nitrogen and oxygen atoms in total. The molecule has 0 rings (SSSR count). The highest BCUT2D eigenvalue weighted by molar-refractivity contribution is 5.63. The molecule has 0 unspecified atom stereocenters. The first kappa shape index (κ1) is 7.27. The topological polar surface area (TPSA) is 60.8 Å². The highest BCUT2D eigenvalue weighted by Gasteiger charge is 1.96. The summed E-state index contributed by atoms with van der Waals surface area (Å²) in [5.41, 5.74) is 5.01. The van der Waals surface area contributed by atoms with E-state index in [2.05, 4.69) is 0 Å². The van der Waals surface area contributed by atoms with Crippen LogP contribution in [-0.2, 0) is 4.74 Å². The summed E-state index contributed by atoms with van der Waals surface area (Å²) in [5, 5.41) is 5.01. The van der Waals surface area contributed by atoms with Crippen LogP contribution in [0.1, 0.15) is 13.8 Å². The van der Waals surface area contributed by atoms with Crippen molar-refractivity contribution in [2.24, 2.45) is 11.7 Å². The van der Waals surface area contributed by atoms with E-state index in [9.17, 15) is 0 Å². The lowest BCUT2D eigenvalue weighted by Gasteiger charge is -2.00. The molecule has 0 amide bonds. The van der Waals surface area contributed by atoms with E-state index < -0.39 is 0 Å². The Hall–Kier alpha value is -0.730. The molecule has 0 bridgehead atoms. The Bertz CT molecular complexity index is 80.5. The molecule has 0 aromatic heterocycles. The molecule has 0 heterocycles. The normalized spacial score (nSPS) is 9.38. The monoisotopic (exact) mass is 117 g/mol. The molecule has 3 heteroatoms. The van der Waals surface area contributed by atoms with Gasteiger partial charge in [0.1, 0.15) is 0 Å². The van der Waals surface area contributed by atoms with E-state index in [0.29, 0.717) is 12.5 Å². The Morgan fingerprint density at radius 3 is 2.38 bits per heavy atom. The number of ether oxygens (including phenoxy) is 1. The van der Waals surface area contributed by atoms with Gasteiger partial charge in [-0.25, -0.2) is 0 Å². The van der Waals surface area contributed by atoms with Crippen molar-refractivity contribution in [1.29, 1.82) is 0 Å². The van der Waals surface area contributed by atoms with Crippen LogP contribution in [0.25, 0.3) is 0 Å². The second-order valence-corrected chi connectivity index (χ2v) is 2.11. The lowest BCUT2D eigenvalue weighted by molar-refractivity contribution is -0.143. The first-order valence-electron chi connectivity index (χ1n) is 2.63. The van der Waals surface area contributed by atoms with Gasteiger partial charge in [0, 0.05) is 0 Å². The van der Waals surface area contributed by atoms with Crippen molar-refractivity contribution in [3.63, 3.8) is 0 Å². The van der Waals surface area contributed by atoms with E-state index in [4.69, 9.17) is 15.9 Å². The summed E-state index contributed by atoms with van der Waals surface area (Å²) in [7, 11) is 0. The molecule has 0 spiro atoms. The summed E-state index contributed by atoms with van der Waals surface area (Å²) in [6.07, 6.45) is 0. The Morgan fingerprint density at radius 2 is 2.25 bits per heavy atom. The van der Waals surface area contributed by atoms with Gasteiger partial charge in [-0.3, -0.25) is 11.1 Å². The third-order valence-corrected chi connectivity index (χ3v) is 0.583. The molecular weight excluding hydrogens is 104 g/mol. The van der Waals surface area contributed by atoms with Gasteiger partial charge in [-0.2, -0.15) is 0 Å². The van der Waals surface area contributed by atoms with Gasteiger partial charge in [-0.1, -0.05) is 13.8 Å². The molecule has 0 saturated heterocycles. The molecule has 0 aromatic carbocycles. The first-order valence-corrected chi connectivity index (χ1v) is 2.63. The molecule has 48 valence electrons. The zero-order chi connectivity index (χ0) is 6.57. The van der Waals surface area contributed by atoms with Crippen LogP contribution in [0, 0.1) is 5.92 Å². The fourth-order valence-corrected chi connectivity index (χ4v) is 0.263. The van der Waals surface area contributed by atoms with Crippen LogP contribution in [0.5, 0.6) is 0 Å². The highest BCUT2D eigenvalue weighted by atomic mass is 16.5. The highest BCUT2D eigenvalue weighted by Crippen LogP contribution is 1.89. The van der Waals surface area contributed by atoms with Crippen molar-refractivity contribution in [1.82, 2.24) is 0 Å². The predicted octanol–water partition coefficient (Wildman–Crippen LogP) is -1.27. The van der Waals surface area contributed by atoms with Crippen LogP contribution in [0.3, 0.4) is 0 Å². The minimum absolute atomic E-state index is 0.0544. The van der Waals surface area contributed by atoms with Gasteiger partial charge in [0.25, 0.3) is 0 Å². The first-order chi connectivity index (χ1) is 3.63. The zero-order valence-electron chi connectivity index (χ0n) is 5.35. The van der Waals surface area contributed by atoms with Crippen LogP contribution in [0.4, 0.5) is 0 Å². The number of nitrogens with two attached hydrogens (primary N) is 2. The molecule has 0 saturated carbocycles. The maximum Gasteiger partial charge on any atom is 0.437 e. The molecule has 0 fully saturated rings. The van der Waals surface area contributed by atoms with Crippen molar-refractivity contribution in [3.8, 4) is 0 Å². The molecule has 4 N–H and O–H groups in total. The van der Waals surface area contributed by atoms with Gasteiger partial charge in [0.2, 0.25) is 0 Å². The molecule has 8 heavy (non-hydrogen) atoms. The summed E-state index contributed by atoms with van der Waals surface area (Å²) in [5.74, 6) is 0.483. The van der Waals surface area contributed by atoms with Gasteiger partial charge in [0.05, 0.1) is 6.61 Å². The maximum absolute atomic E-state index is 5.01. The number of hydrogen-bond donors (Lipinski definition) is 2. The molecular formula is C5H13N2O+. The predicted molar refractivity (Wildman–Crippen MR) is 31.9 cm³/mol. The molecule has 0 aromatic rings. The standard InChI is InChI=1S/C5H12N2O/c1-4(2)3-8-5(6)7/h4H,3H2,1-2H3,(H3,6,7)/p+1. The number of hydrogen-bond acceptors (Lipinski definition) is 1. The average molecular weight is 117 g/mol. The molecule has 0 aliphatic rings. The van der Waals surface area contributed by atoms with E-state index in [-0.39, 0.29) is 6.02 Å². The van der Waals surface area contributed by atoms with Crippen LogP contribution < -0.4 is 11.1 Å². The minimum atomic E-state index is 0.0544. The fraction of sp³-hybridized carbons (Fsp3) is 0.800. The summed E-state index contributed by atoms with van der Waals surface area (Å²) in [6, 6.07) is 0.0544. The van der Waals surface area contributed by atoms with Crippen LogP contribution >= 0.6 is 0 Å².